The molecule has 0 unspecified atom stereocenters. The predicted octanol–water partition coefficient (Wildman–Crippen LogP) is 3.58. The summed E-state index contributed by atoms with van der Waals surface area (Å²) in [5, 5.41) is 0.488. The van der Waals surface area contributed by atoms with Crippen LogP contribution >= 0.6 is 11.8 Å². The second-order valence-electron chi connectivity index (χ2n) is 3.97. The fraction of sp³-hybridized carbons (Fsp3) is 0.0714. The van der Waals surface area contributed by atoms with E-state index in [1.807, 2.05) is 30.3 Å². The van der Waals surface area contributed by atoms with Crippen LogP contribution < -0.4 is 5.73 Å². The SMILES string of the molecule is NCc1c(F)cccc1Sc1nc2ccccc2o1. The summed E-state index contributed by atoms with van der Waals surface area (Å²) >= 11 is 1.28. The molecule has 2 aromatic carbocycles. The molecule has 2 N–H and O–H groups in total. The summed E-state index contributed by atoms with van der Waals surface area (Å²) in [5.74, 6) is -0.302. The molecule has 0 aliphatic rings. The summed E-state index contributed by atoms with van der Waals surface area (Å²) in [6.45, 7) is 0.148. The number of para-hydroxylation sites is 2. The number of nitrogens with zero attached hydrogens (tertiary/aromatic N) is 1. The van der Waals surface area contributed by atoms with Gasteiger partial charge in [0, 0.05) is 17.0 Å². The van der Waals surface area contributed by atoms with Crippen molar-refractivity contribution in [3.05, 3.63) is 53.8 Å². The minimum absolute atomic E-state index is 0.148. The van der Waals surface area contributed by atoms with Crippen molar-refractivity contribution in [2.24, 2.45) is 5.73 Å². The van der Waals surface area contributed by atoms with E-state index in [0.717, 1.165) is 16.0 Å². The highest BCUT2D eigenvalue weighted by Crippen LogP contribution is 2.32. The van der Waals surface area contributed by atoms with Crippen LogP contribution in [-0.2, 0) is 6.54 Å². The molecule has 3 aromatic rings. The normalized spacial score (nSPS) is 11.1. The minimum Gasteiger partial charge on any atom is -0.431 e. The van der Waals surface area contributed by atoms with Gasteiger partial charge in [-0.15, -0.1) is 0 Å². The Kier molecular flexibility index (Phi) is 3.23. The lowest BCUT2D eigenvalue weighted by Gasteiger charge is -2.05. The molecular weight excluding hydrogens is 263 g/mol. The molecule has 0 saturated carbocycles. The molecule has 0 spiro atoms. The first kappa shape index (κ1) is 12.2. The molecule has 0 fully saturated rings. The molecule has 1 aromatic heterocycles. The summed E-state index contributed by atoms with van der Waals surface area (Å²) in [5.41, 5.74) is 7.56. The number of fused-ring (bicyclic) bond motifs is 1. The summed E-state index contributed by atoms with van der Waals surface area (Å²) in [4.78, 5) is 5.08. The Morgan fingerprint density at radius 3 is 2.79 bits per heavy atom. The zero-order valence-corrected chi connectivity index (χ0v) is 10.8. The van der Waals surface area contributed by atoms with Gasteiger partial charge in [0.25, 0.3) is 5.22 Å². The third kappa shape index (κ3) is 2.34. The molecule has 0 aliphatic heterocycles. The Balaban J connectivity index is 1.99. The van der Waals surface area contributed by atoms with Crippen molar-refractivity contribution >= 4 is 22.9 Å². The lowest BCUT2D eigenvalue weighted by atomic mass is 10.2. The van der Waals surface area contributed by atoms with E-state index in [0.29, 0.717) is 10.8 Å². The number of hydrogen-bond donors (Lipinski definition) is 1. The van der Waals surface area contributed by atoms with Crippen LogP contribution in [-0.4, -0.2) is 4.98 Å². The van der Waals surface area contributed by atoms with Crippen LogP contribution in [0.1, 0.15) is 5.56 Å². The van der Waals surface area contributed by atoms with Gasteiger partial charge in [0.1, 0.15) is 11.3 Å². The van der Waals surface area contributed by atoms with Crippen LogP contribution in [0.25, 0.3) is 11.1 Å². The van der Waals surface area contributed by atoms with E-state index in [1.165, 1.54) is 17.8 Å². The predicted molar refractivity (Wildman–Crippen MR) is 72.4 cm³/mol. The van der Waals surface area contributed by atoms with Crippen molar-refractivity contribution in [2.45, 2.75) is 16.7 Å². The maximum absolute atomic E-state index is 13.6. The Morgan fingerprint density at radius 2 is 2.00 bits per heavy atom. The molecule has 96 valence electrons. The second-order valence-corrected chi connectivity index (χ2v) is 4.96. The van der Waals surface area contributed by atoms with Gasteiger partial charge in [-0.2, -0.15) is 0 Å². The Hall–Kier alpha value is -1.85. The lowest BCUT2D eigenvalue weighted by molar-refractivity contribution is 0.489. The molecule has 1 heterocycles. The maximum atomic E-state index is 13.6. The Morgan fingerprint density at radius 1 is 1.16 bits per heavy atom. The fourth-order valence-electron chi connectivity index (χ4n) is 1.82. The number of halogens is 1. The maximum Gasteiger partial charge on any atom is 0.261 e. The molecular formula is C14H11FN2OS. The van der Waals surface area contributed by atoms with Gasteiger partial charge in [-0.05, 0) is 36.0 Å². The third-order valence-electron chi connectivity index (χ3n) is 2.75. The first-order chi connectivity index (χ1) is 9.28. The first-order valence-electron chi connectivity index (χ1n) is 5.79. The van der Waals surface area contributed by atoms with Crippen LogP contribution in [0.2, 0.25) is 0 Å². The summed E-state index contributed by atoms with van der Waals surface area (Å²) in [7, 11) is 0. The zero-order chi connectivity index (χ0) is 13.2. The number of nitrogens with two attached hydrogens (primary N) is 1. The van der Waals surface area contributed by atoms with Gasteiger partial charge in [-0.1, -0.05) is 18.2 Å². The quantitative estimate of drug-likeness (QED) is 0.793. The minimum atomic E-state index is -0.302. The van der Waals surface area contributed by atoms with Gasteiger partial charge in [0.2, 0.25) is 0 Å². The highest BCUT2D eigenvalue weighted by atomic mass is 32.2. The average molecular weight is 274 g/mol. The molecule has 19 heavy (non-hydrogen) atoms. The zero-order valence-electron chi connectivity index (χ0n) is 9.97. The van der Waals surface area contributed by atoms with Crippen molar-refractivity contribution in [2.75, 3.05) is 0 Å². The largest absolute Gasteiger partial charge is 0.431 e. The molecule has 0 radical (unpaired) electrons. The van der Waals surface area contributed by atoms with Crippen LogP contribution in [0, 0.1) is 5.82 Å². The number of benzene rings is 2. The molecule has 3 nitrogen and oxygen atoms in total. The molecule has 0 bridgehead atoms. The lowest BCUT2D eigenvalue weighted by Crippen LogP contribution is -2.01. The van der Waals surface area contributed by atoms with Crippen molar-refractivity contribution in [3.8, 4) is 0 Å². The highest BCUT2D eigenvalue weighted by Gasteiger charge is 2.12. The first-order valence-corrected chi connectivity index (χ1v) is 6.60. The van der Waals surface area contributed by atoms with E-state index in [1.54, 1.807) is 6.07 Å². The van der Waals surface area contributed by atoms with Gasteiger partial charge < -0.3 is 10.2 Å². The standard InChI is InChI=1S/C14H11FN2OS/c15-10-4-3-7-13(9(10)8-16)19-14-17-11-5-1-2-6-12(11)18-14/h1-7H,8,16H2. The van der Waals surface area contributed by atoms with Crippen LogP contribution in [0.3, 0.4) is 0 Å². The number of oxazole rings is 1. The molecule has 0 aliphatic carbocycles. The van der Waals surface area contributed by atoms with Gasteiger partial charge in [-0.3, -0.25) is 0 Å². The molecule has 0 saturated heterocycles. The topological polar surface area (TPSA) is 52.0 Å². The van der Waals surface area contributed by atoms with Crippen molar-refractivity contribution < 1.29 is 8.81 Å². The molecule has 5 heteroatoms. The van der Waals surface area contributed by atoms with E-state index in [-0.39, 0.29) is 12.4 Å². The van der Waals surface area contributed by atoms with Gasteiger partial charge in [-0.25, -0.2) is 9.37 Å². The highest BCUT2D eigenvalue weighted by molar-refractivity contribution is 7.99. The van der Waals surface area contributed by atoms with E-state index in [2.05, 4.69) is 4.98 Å². The Labute approximate surface area is 113 Å². The monoisotopic (exact) mass is 274 g/mol. The van der Waals surface area contributed by atoms with E-state index in [4.69, 9.17) is 10.2 Å². The van der Waals surface area contributed by atoms with Crippen LogP contribution in [0.15, 0.2) is 57.0 Å². The second kappa shape index (κ2) is 5.03. The summed E-state index contributed by atoms with van der Waals surface area (Å²) in [6.07, 6.45) is 0. The molecule has 0 atom stereocenters. The van der Waals surface area contributed by atoms with Crippen molar-refractivity contribution in [1.82, 2.24) is 4.98 Å². The van der Waals surface area contributed by atoms with Gasteiger partial charge in [0.15, 0.2) is 5.58 Å². The van der Waals surface area contributed by atoms with E-state index < -0.39 is 0 Å². The fourth-order valence-corrected chi connectivity index (χ4v) is 2.74. The van der Waals surface area contributed by atoms with Crippen molar-refractivity contribution in [3.63, 3.8) is 0 Å². The number of rotatable bonds is 3. The van der Waals surface area contributed by atoms with Gasteiger partial charge in [0.05, 0.1) is 0 Å². The number of aromatic nitrogens is 1. The van der Waals surface area contributed by atoms with E-state index >= 15 is 0 Å². The smallest absolute Gasteiger partial charge is 0.261 e. The van der Waals surface area contributed by atoms with Gasteiger partial charge >= 0.3 is 0 Å². The van der Waals surface area contributed by atoms with E-state index in [9.17, 15) is 4.39 Å². The number of hydrogen-bond acceptors (Lipinski definition) is 4. The third-order valence-corrected chi connectivity index (χ3v) is 3.70. The average Bonchev–Trinajstić information content (AvgIpc) is 2.81. The Bertz CT molecular complexity index is 693. The van der Waals surface area contributed by atoms with Crippen molar-refractivity contribution in [1.29, 1.82) is 0 Å². The van der Waals surface area contributed by atoms with Crippen LogP contribution in [0.5, 0.6) is 0 Å². The molecule has 3 rings (SSSR count). The molecule has 0 amide bonds. The summed E-state index contributed by atoms with van der Waals surface area (Å²) < 4.78 is 19.2. The van der Waals surface area contributed by atoms with Crippen LogP contribution in [0.4, 0.5) is 4.39 Å². The summed E-state index contributed by atoms with van der Waals surface area (Å²) in [6, 6.07) is 12.4.